The Labute approximate surface area is 83.1 Å². The first-order chi connectivity index (χ1) is 5.31. The summed E-state index contributed by atoms with van der Waals surface area (Å²) < 4.78 is 0. The normalized spacial score (nSPS) is 13.6. The lowest BCUT2D eigenvalue weighted by Gasteiger charge is -2.06. The van der Waals surface area contributed by atoms with Crippen LogP contribution in [-0.4, -0.2) is 21.5 Å². The van der Waals surface area contributed by atoms with E-state index in [9.17, 15) is 0 Å². The lowest BCUT2D eigenvalue weighted by molar-refractivity contribution is 0.632. The van der Waals surface area contributed by atoms with Gasteiger partial charge in [0.05, 0.1) is 0 Å². The van der Waals surface area contributed by atoms with E-state index in [1.54, 1.807) is 0 Å². The zero-order valence-electron chi connectivity index (χ0n) is 7.28. The van der Waals surface area contributed by atoms with E-state index in [1.165, 1.54) is 42.0 Å². The van der Waals surface area contributed by atoms with E-state index in [4.69, 9.17) is 23.2 Å². The smallest absolute Gasteiger partial charge is 0.0333 e. The highest BCUT2D eigenvalue weighted by Gasteiger charge is 2.01. The van der Waals surface area contributed by atoms with Crippen molar-refractivity contribution in [3.8, 4) is 0 Å². The van der Waals surface area contributed by atoms with Gasteiger partial charge in [0.2, 0.25) is 0 Å². The van der Waals surface area contributed by atoms with Crippen LogP contribution in [0.25, 0.3) is 0 Å². The molecule has 0 saturated heterocycles. The van der Waals surface area contributed by atoms with Gasteiger partial charge in [-0.3, -0.25) is 0 Å². The van der Waals surface area contributed by atoms with Crippen molar-refractivity contribution in [3.05, 3.63) is 0 Å². The fraction of sp³-hybridized carbons (Fsp3) is 1.00. The lowest BCUT2D eigenvalue weighted by Crippen LogP contribution is -1.97. The highest BCUT2D eigenvalue weighted by Crippen LogP contribution is 2.13. The molecular formula is C8H18Cl2Si. The van der Waals surface area contributed by atoms with E-state index in [0.29, 0.717) is 5.38 Å². The molecule has 0 saturated carbocycles. The SMILES string of the molecule is [SiH3]CCC(Cl)CCCCCCl. The molecule has 0 aliphatic heterocycles. The van der Waals surface area contributed by atoms with Gasteiger partial charge in [-0.15, -0.1) is 23.2 Å². The molecule has 0 nitrogen and oxygen atoms in total. The van der Waals surface area contributed by atoms with Gasteiger partial charge in [-0.2, -0.15) is 0 Å². The van der Waals surface area contributed by atoms with Gasteiger partial charge in [0.1, 0.15) is 0 Å². The summed E-state index contributed by atoms with van der Waals surface area (Å²) in [6, 6.07) is 1.34. The second-order valence-electron chi connectivity index (χ2n) is 2.92. The van der Waals surface area contributed by atoms with Crippen LogP contribution in [0.4, 0.5) is 0 Å². The van der Waals surface area contributed by atoms with Crippen LogP contribution in [0.5, 0.6) is 0 Å². The van der Waals surface area contributed by atoms with Crippen molar-refractivity contribution in [2.45, 2.75) is 43.5 Å². The monoisotopic (exact) mass is 212 g/mol. The molecule has 3 heteroatoms. The Morgan fingerprint density at radius 3 is 2.36 bits per heavy atom. The molecule has 1 atom stereocenters. The van der Waals surface area contributed by atoms with Crippen LogP contribution in [0.15, 0.2) is 0 Å². The molecule has 1 unspecified atom stereocenters. The first-order valence-electron chi connectivity index (χ1n) is 4.51. The van der Waals surface area contributed by atoms with Gasteiger partial charge >= 0.3 is 0 Å². The number of hydrogen-bond donors (Lipinski definition) is 0. The molecule has 0 amide bonds. The van der Waals surface area contributed by atoms with Gasteiger partial charge in [0, 0.05) is 21.5 Å². The Bertz CT molecular complexity index is 78.5. The largest absolute Gasteiger partial charge is 0.127 e. The van der Waals surface area contributed by atoms with Gasteiger partial charge in [0.15, 0.2) is 0 Å². The maximum atomic E-state index is 6.05. The Morgan fingerprint density at radius 1 is 1.09 bits per heavy atom. The number of alkyl halides is 2. The average molecular weight is 213 g/mol. The highest BCUT2D eigenvalue weighted by atomic mass is 35.5. The van der Waals surface area contributed by atoms with Gasteiger partial charge in [-0.1, -0.05) is 18.9 Å². The number of hydrogen-bond acceptors (Lipinski definition) is 0. The van der Waals surface area contributed by atoms with Gasteiger partial charge in [-0.05, 0) is 19.3 Å². The molecule has 0 aromatic carbocycles. The molecular weight excluding hydrogens is 195 g/mol. The Balaban J connectivity index is 2.97. The van der Waals surface area contributed by atoms with Crippen LogP contribution in [-0.2, 0) is 0 Å². The van der Waals surface area contributed by atoms with Crippen molar-refractivity contribution in [3.63, 3.8) is 0 Å². The molecule has 0 aromatic rings. The Kier molecular flexibility index (Phi) is 9.53. The van der Waals surface area contributed by atoms with Crippen molar-refractivity contribution >= 4 is 33.4 Å². The summed E-state index contributed by atoms with van der Waals surface area (Å²) in [6.45, 7) is 0. The predicted molar refractivity (Wildman–Crippen MR) is 58.2 cm³/mol. The molecule has 0 N–H and O–H groups in total. The molecule has 0 fully saturated rings. The van der Waals surface area contributed by atoms with Gasteiger partial charge in [0.25, 0.3) is 0 Å². The molecule has 68 valence electrons. The summed E-state index contributed by atoms with van der Waals surface area (Å²) in [5, 5.41) is 0.433. The maximum Gasteiger partial charge on any atom is 0.0333 e. The fourth-order valence-corrected chi connectivity index (χ4v) is 2.72. The second kappa shape index (κ2) is 8.89. The number of halogens is 2. The van der Waals surface area contributed by atoms with E-state index >= 15 is 0 Å². The van der Waals surface area contributed by atoms with Crippen molar-refractivity contribution in [2.24, 2.45) is 0 Å². The van der Waals surface area contributed by atoms with Crippen LogP contribution in [0.1, 0.15) is 32.1 Å². The van der Waals surface area contributed by atoms with E-state index in [2.05, 4.69) is 0 Å². The Hall–Kier alpha value is 0.797. The first-order valence-corrected chi connectivity index (χ1v) is 6.89. The minimum Gasteiger partial charge on any atom is -0.127 e. The average Bonchev–Trinajstić information content (AvgIpc) is 1.99. The fourth-order valence-electron chi connectivity index (χ4n) is 1.09. The molecule has 0 aliphatic rings. The van der Waals surface area contributed by atoms with E-state index < -0.39 is 0 Å². The molecule has 0 radical (unpaired) electrons. The summed E-state index contributed by atoms with van der Waals surface area (Å²) in [5.41, 5.74) is 0. The lowest BCUT2D eigenvalue weighted by atomic mass is 10.1. The second-order valence-corrected chi connectivity index (χ2v) is 4.92. The van der Waals surface area contributed by atoms with E-state index in [0.717, 1.165) is 12.3 Å². The Morgan fingerprint density at radius 2 is 1.82 bits per heavy atom. The number of rotatable bonds is 7. The predicted octanol–water partition coefficient (Wildman–Crippen LogP) is 2.57. The first kappa shape index (κ1) is 11.8. The van der Waals surface area contributed by atoms with Crippen molar-refractivity contribution in [2.75, 3.05) is 5.88 Å². The highest BCUT2D eigenvalue weighted by molar-refractivity contribution is 6.21. The van der Waals surface area contributed by atoms with Crippen molar-refractivity contribution in [1.29, 1.82) is 0 Å². The molecule has 0 rings (SSSR count). The standard InChI is InChI=1S/C8H18Cl2Si/c9-6-3-1-2-4-8(10)5-7-11/h8H,1-7H2,11H3. The molecule has 0 spiro atoms. The summed E-state index contributed by atoms with van der Waals surface area (Å²) in [5.74, 6) is 0.799. The third-order valence-corrected chi connectivity index (χ3v) is 3.03. The molecule has 0 aromatic heterocycles. The van der Waals surface area contributed by atoms with Crippen molar-refractivity contribution in [1.82, 2.24) is 0 Å². The molecule has 11 heavy (non-hydrogen) atoms. The summed E-state index contributed by atoms with van der Waals surface area (Å²) >= 11 is 11.6. The summed E-state index contributed by atoms with van der Waals surface area (Å²) in [7, 11) is 1.29. The quantitative estimate of drug-likeness (QED) is 0.346. The van der Waals surface area contributed by atoms with Crippen LogP contribution in [0, 0.1) is 0 Å². The van der Waals surface area contributed by atoms with Gasteiger partial charge in [-0.25, -0.2) is 0 Å². The van der Waals surface area contributed by atoms with Crippen LogP contribution >= 0.6 is 23.2 Å². The molecule has 0 heterocycles. The number of unbranched alkanes of at least 4 members (excludes halogenated alkanes) is 2. The van der Waals surface area contributed by atoms with E-state index in [1.807, 2.05) is 0 Å². The zero-order chi connectivity index (χ0) is 8.53. The van der Waals surface area contributed by atoms with Crippen LogP contribution in [0.3, 0.4) is 0 Å². The van der Waals surface area contributed by atoms with Crippen molar-refractivity contribution < 1.29 is 0 Å². The minimum absolute atomic E-state index is 0.433. The van der Waals surface area contributed by atoms with Crippen LogP contribution in [0.2, 0.25) is 6.04 Å². The third-order valence-electron chi connectivity index (χ3n) is 1.75. The summed E-state index contributed by atoms with van der Waals surface area (Å²) in [6.07, 6.45) is 6.04. The molecule has 0 aliphatic carbocycles. The maximum absolute atomic E-state index is 6.05. The van der Waals surface area contributed by atoms with Gasteiger partial charge < -0.3 is 0 Å². The minimum atomic E-state index is 0.433. The van der Waals surface area contributed by atoms with E-state index in [-0.39, 0.29) is 0 Å². The summed E-state index contributed by atoms with van der Waals surface area (Å²) in [4.78, 5) is 0. The van der Waals surface area contributed by atoms with Crippen LogP contribution < -0.4 is 0 Å². The zero-order valence-corrected chi connectivity index (χ0v) is 10.8. The third kappa shape index (κ3) is 8.71. The molecule has 0 bridgehead atoms. The topological polar surface area (TPSA) is 0 Å².